The largest absolute Gasteiger partial charge is 0.404 e. The highest BCUT2D eigenvalue weighted by Crippen LogP contribution is 2.39. The molecule has 0 amide bonds. The standard InChI is InChI=1S/C24H28F3N3OS/c1-4-5-19-20-12-15(2)6-11-22(20)30(14-17-7-8-17)23(19)21-10-9-18(13-28-21)32(31)29-16(3)24(25,26)27/h6,9-13,16-17,29H,4-5,7-8,14H2,1-3H3. The molecule has 0 saturated heterocycles. The molecule has 3 aromatic rings. The van der Waals surface area contributed by atoms with Gasteiger partial charge in [0.05, 0.1) is 16.3 Å². The molecule has 2 unspecified atom stereocenters. The fraction of sp³-hybridized carbons (Fsp3) is 0.458. The number of halogens is 3. The topological polar surface area (TPSA) is 46.9 Å². The fourth-order valence-electron chi connectivity index (χ4n) is 4.01. The molecule has 2 atom stereocenters. The zero-order valence-corrected chi connectivity index (χ0v) is 19.3. The first kappa shape index (κ1) is 23.0. The summed E-state index contributed by atoms with van der Waals surface area (Å²) >= 11 is 0. The maximum Gasteiger partial charge on any atom is 0.404 e. The summed E-state index contributed by atoms with van der Waals surface area (Å²) in [5, 5.41) is 1.23. The van der Waals surface area contributed by atoms with Crippen molar-refractivity contribution in [3.05, 3.63) is 47.7 Å². The highest BCUT2D eigenvalue weighted by atomic mass is 32.2. The molecule has 0 bridgehead atoms. The SMILES string of the molecule is CCCc1c(-c2ccc(S(=O)NC(C)C(F)(F)F)cn2)n(CC2CC2)c2ccc(C)cc12. The van der Waals surface area contributed by atoms with Crippen molar-refractivity contribution in [1.82, 2.24) is 14.3 Å². The van der Waals surface area contributed by atoms with E-state index in [1.165, 1.54) is 41.1 Å². The lowest BCUT2D eigenvalue weighted by molar-refractivity contribution is -0.146. The third-order valence-electron chi connectivity index (χ3n) is 5.93. The third kappa shape index (κ3) is 4.76. The van der Waals surface area contributed by atoms with Gasteiger partial charge in [-0.3, -0.25) is 4.98 Å². The van der Waals surface area contributed by atoms with E-state index in [0.29, 0.717) is 5.92 Å². The van der Waals surface area contributed by atoms with Crippen LogP contribution in [0.1, 0.15) is 44.2 Å². The van der Waals surface area contributed by atoms with Crippen LogP contribution in [0, 0.1) is 12.8 Å². The maximum absolute atomic E-state index is 12.8. The molecule has 1 aromatic carbocycles. The summed E-state index contributed by atoms with van der Waals surface area (Å²) in [7, 11) is -1.99. The van der Waals surface area contributed by atoms with Crippen molar-refractivity contribution < 1.29 is 17.4 Å². The Labute approximate surface area is 188 Å². The number of nitrogens with zero attached hydrogens (tertiary/aromatic N) is 2. The molecule has 2 aromatic heterocycles. The van der Waals surface area contributed by atoms with Gasteiger partial charge in [-0.05, 0) is 68.9 Å². The Morgan fingerprint density at radius 3 is 2.59 bits per heavy atom. The molecule has 0 radical (unpaired) electrons. The number of fused-ring (bicyclic) bond motifs is 1. The minimum atomic E-state index is -4.46. The van der Waals surface area contributed by atoms with Gasteiger partial charge in [0, 0.05) is 23.6 Å². The molecule has 4 nitrogen and oxygen atoms in total. The van der Waals surface area contributed by atoms with Crippen LogP contribution < -0.4 is 4.72 Å². The smallest absolute Gasteiger partial charge is 0.339 e. The molecule has 1 aliphatic carbocycles. The maximum atomic E-state index is 12.8. The highest BCUT2D eigenvalue weighted by Gasteiger charge is 2.37. The van der Waals surface area contributed by atoms with Gasteiger partial charge in [-0.25, -0.2) is 8.93 Å². The minimum absolute atomic E-state index is 0.225. The van der Waals surface area contributed by atoms with Crippen LogP contribution in [0.2, 0.25) is 0 Å². The molecule has 4 rings (SSSR count). The molecule has 172 valence electrons. The van der Waals surface area contributed by atoms with Crippen molar-refractivity contribution in [1.29, 1.82) is 0 Å². The van der Waals surface area contributed by atoms with Crippen LogP contribution in [0.25, 0.3) is 22.3 Å². The molecular formula is C24H28F3N3OS. The molecule has 1 saturated carbocycles. The van der Waals surface area contributed by atoms with E-state index in [1.807, 2.05) is 0 Å². The van der Waals surface area contributed by atoms with Gasteiger partial charge in [-0.1, -0.05) is 25.0 Å². The van der Waals surface area contributed by atoms with Gasteiger partial charge in [0.15, 0.2) is 0 Å². The quantitative estimate of drug-likeness (QED) is 0.450. The van der Waals surface area contributed by atoms with E-state index in [0.717, 1.165) is 37.7 Å². The number of aromatic nitrogens is 2. The number of pyridine rings is 1. The van der Waals surface area contributed by atoms with Crippen LogP contribution in [-0.2, 0) is 24.0 Å². The lowest BCUT2D eigenvalue weighted by Crippen LogP contribution is -2.40. The van der Waals surface area contributed by atoms with Gasteiger partial charge < -0.3 is 4.57 Å². The highest BCUT2D eigenvalue weighted by molar-refractivity contribution is 7.83. The van der Waals surface area contributed by atoms with Crippen LogP contribution in [0.5, 0.6) is 0 Å². The number of benzene rings is 1. The van der Waals surface area contributed by atoms with E-state index >= 15 is 0 Å². The average molecular weight is 464 g/mol. The first-order chi connectivity index (χ1) is 15.2. The first-order valence-corrected chi connectivity index (χ1v) is 12.2. The zero-order valence-electron chi connectivity index (χ0n) is 18.5. The second kappa shape index (κ2) is 8.98. The Hall–Kier alpha value is -2.19. The molecule has 0 spiro atoms. The van der Waals surface area contributed by atoms with Crippen LogP contribution in [0.3, 0.4) is 0 Å². The van der Waals surface area contributed by atoms with Crippen LogP contribution in [-0.4, -0.2) is 26.0 Å². The van der Waals surface area contributed by atoms with Gasteiger partial charge in [-0.2, -0.15) is 13.2 Å². The van der Waals surface area contributed by atoms with E-state index in [2.05, 4.69) is 46.3 Å². The van der Waals surface area contributed by atoms with Crippen LogP contribution in [0.4, 0.5) is 13.2 Å². The predicted molar refractivity (Wildman–Crippen MR) is 122 cm³/mol. The molecular weight excluding hydrogens is 435 g/mol. The summed E-state index contributed by atoms with van der Waals surface area (Å²) in [6.45, 7) is 6.12. The number of nitrogens with one attached hydrogen (secondary N) is 1. The van der Waals surface area contributed by atoms with Crippen molar-refractivity contribution in [2.45, 2.75) is 70.1 Å². The minimum Gasteiger partial charge on any atom is -0.339 e. The van der Waals surface area contributed by atoms with E-state index in [-0.39, 0.29) is 4.90 Å². The normalized spacial score (nSPS) is 16.4. The van der Waals surface area contributed by atoms with Crippen molar-refractivity contribution >= 4 is 21.9 Å². The van der Waals surface area contributed by atoms with E-state index in [1.54, 1.807) is 12.1 Å². The fourth-order valence-corrected chi connectivity index (χ4v) is 4.94. The van der Waals surface area contributed by atoms with E-state index in [4.69, 9.17) is 0 Å². The van der Waals surface area contributed by atoms with Crippen molar-refractivity contribution in [3.8, 4) is 11.4 Å². The van der Waals surface area contributed by atoms with Gasteiger partial charge in [-0.15, -0.1) is 0 Å². The number of hydrogen-bond donors (Lipinski definition) is 1. The van der Waals surface area contributed by atoms with Crippen LogP contribution in [0.15, 0.2) is 41.4 Å². The van der Waals surface area contributed by atoms with Crippen molar-refractivity contribution in [2.24, 2.45) is 5.92 Å². The number of rotatable bonds is 8. The summed E-state index contributed by atoms with van der Waals surface area (Å²) in [6.07, 6.45) is 1.31. The third-order valence-corrected chi connectivity index (χ3v) is 7.17. The van der Waals surface area contributed by atoms with Crippen molar-refractivity contribution in [3.63, 3.8) is 0 Å². The van der Waals surface area contributed by atoms with Crippen LogP contribution >= 0.6 is 0 Å². The number of hydrogen-bond acceptors (Lipinski definition) is 2. The number of aryl methyl sites for hydroxylation is 2. The lowest BCUT2D eigenvalue weighted by Gasteiger charge is -2.16. The monoisotopic (exact) mass is 463 g/mol. The molecule has 1 aliphatic rings. The Bertz CT molecular complexity index is 1130. The van der Waals surface area contributed by atoms with Gasteiger partial charge >= 0.3 is 6.18 Å². The van der Waals surface area contributed by atoms with Gasteiger partial charge in [0.1, 0.15) is 17.0 Å². The van der Waals surface area contributed by atoms with Crippen molar-refractivity contribution in [2.75, 3.05) is 0 Å². The molecule has 1 N–H and O–H groups in total. The molecule has 8 heteroatoms. The average Bonchev–Trinajstić information content (AvgIpc) is 3.51. The lowest BCUT2D eigenvalue weighted by atomic mass is 10.0. The molecule has 2 heterocycles. The second-order valence-corrected chi connectivity index (χ2v) is 9.93. The Balaban J connectivity index is 1.74. The number of alkyl halides is 3. The summed E-state index contributed by atoms with van der Waals surface area (Å²) < 4.78 is 55.2. The second-order valence-electron chi connectivity index (χ2n) is 8.68. The Morgan fingerprint density at radius 1 is 1.25 bits per heavy atom. The summed E-state index contributed by atoms with van der Waals surface area (Å²) in [6, 6.07) is 8.02. The van der Waals surface area contributed by atoms with Gasteiger partial charge in [0.25, 0.3) is 0 Å². The van der Waals surface area contributed by atoms with E-state index < -0.39 is 23.2 Å². The van der Waals surface area contributed by atoms with Gasteiger partial charge in [0.2, 0.25) is 0 Å². The Morgan fingerprint density at radius 2 is 2.00 bits per heavy atom. The summed E-state index contributed by atoms with van der Waals surface area (Å²) in [5.74, 6) is 0.667. The molecule has 0 aliphatic heterocycles. The first-order valence-electron chi connectivity index (χ1n) is 11.0. The Kier molecular flexibility index (Phi) is 6.45. The van der Waals surface area contributed by atoms with E-state index in [9.17, 15) is 17.4 Å². The zero-order chi connectivity index (χ0) is 23.0. The molecule has 1 fully saturated rings. The summed E-state index contributed by atoms with van der Waals surface area (Å²) in [5.41, 5.74) is 5.46. The summed E-state index contributed by atoms with van der Waals surface area (Å²) in [4.78, 5) is 4.78. The predicted octanol–water partition coefficient (Wildman–Crippen LogP) is 5.94. The molecule has 32 heavy (non-hydrogen) atoms.